The second kappa shape index (κ2) is 7.62. The second-order valence-electron chi connectivity index (χ2n) is 5.97. The molecule has 2 aromatic rings. The minimum absolute atomic E-state index is 0.301. The number of nitrogens with one attached hydrogen (secondary N) is 1. The van der Waals surface area contributed by atoms with Gasteiger partial charge in [0.1, 0.15) is 5.76 Å². The molecule has 2 atom stereocenters. The Bertz CT molecular complexity index is 843. The molecule has 26 heavy (non-hydrogen) atoms. The van der Waals surface area contributed by atoms with Gasteiger partial charge in [-0.1, -0.05) is 29.3 Å². The summed E-state index contributed by atoms with van der Waals surface area (Å²) < 4.78 is 10.6. The van der Waals surface area contributed by atoms with E-state index in [1.807, 2.05) is 31.2 Å². The van der Waals surface area contributed by atoms with Crippen LogP contribution in [0.3, 0.4) is 0 Å². The van der Waals surface area contributed by atoms with Crippen molar-refractivity contribution in [1.29, 1.82) is 0 Å². The molecular formula is C20H18ClNO4. The summed E-state index contributed by atoms with van der Waals surface area (Å²) in [6.45, 7) is 1.97. The van der Waals surface area contributed by atoms with Gasteiger partial charge in [-0.25, -0.2) is 4.79 Å². The third-order valence-corrected chi connectivity index (χ3v) is 4.32. The highest BCUT2D eigenvalue weighted by Gasteiger charge is 2.40. The van der Waals surface area contributed by atoms with Crippen LogP contribution in [0.1, 0.15) is 11.1 Å². The molecule has 1 aliphatic heterocycles. The van der Waals surface area contributed by atoms with E-state index in [0.29, 0.717) is 22.0 Å². The van der Waals surface area contributed by atoms with Crippen molar-refractivity contribution in [3.05, 3.63) is 70.8 Å². The van der Waals surface area contributed by atoms with Gasteiger partial charge in [0, 0.05) is 22.3 Å². The number of ketones is 1. The molecule has 2 unspecified atom stereocenters. The van der Waals surface area contributed by atoms with Gasteiger partial charge in [-0.05, 0) is 43.3 Å². The Morgan fingerprint density at radius 2 is 1.81 bits per heavy atom. The number of aryl methyl sites for hydroxylation is 1. The molecule has 0 amide bonds. The number of esters is 1. The first kappa shape index (κ1) is 18.0. The van der Waals surface area contributed by atoms with Gasteiger partial charge >= 0.3 is 5.97 Å². The number of hydrogen-bond donors (Lipinski definition) is 1. The van der Waals surface area contributed by atoms with E-state index in [-0.39, 0.29) is 5.78 Å². The first-order valence-electron chi connectivity index (χ1n) is 8.07. The van der Waals surface area contributed by atoms with Gasteiger partial charge in [0.15, 0.2) is 12.1 Å². The Balaban J connectivity index is 1.81. The van der Waals surface area contributed by atoms with Crippen LogP contribution in [-0.2, 0) is 19.1 Å². The highest BCUT2D eigenvalue weighted by Crippen LogP contribution is 2.28. The molecular weight excluding hydrogens is 354 g/mol. The van der Waals surface area contributed by atoms with Crippen molar-refractivity contribution in [1.82, 2.24) is 0 Å². The van der Waals surface area contributed by atoms with Crippen LogP contribution in [0.5, 0.6) is 0 Å². The number of halogens is 1. The quantitative estimate of drug-likeness (QED) is 0.813. The molecule has 6 heteroatoms. The number of carbonyl (C=O) groups excluding carboxylic acids is 2. The summed E-state index contributed by atoms with van der Waals surface area (Å²) in [7, 11) is 1.28. The van der Waals surface area contributed by atoms with Crippen molar-refractivity contribution < 1.29 is 19.1 Å². The lowest BCUT2D eigenvalue weighted by atomic mass is 10.1. The highest BCUT2D eigenvalue weighted by molar-refractivity contribution is 6.30. The Morgan fingerprint density at radius 3 is 2.42 bits per heavy atom. The van der Waals surface area contributed by atoms with Gasteiger partial charge < -0.3 is 14.8 Å². The number of anilines is 1. The van der Waals surface area contributed by atoms with Crippen molar-refractivity contribution in [2.75, 3.05) is 12.4 Å². The van der Waals surface area contributed by atoms with E-state index < -0.39 is 18.1 Å². The summed E-state index contributed by atoms with van der Waals surface area (Å²) in [6.07, 6.45) is 0.384. The Labute approximate surface area is 156 Å². The molecule has 0 aliphatic carbocycles. The van der Waals surface area contributed by atoms with E-state index in [9.17, 15) is 9.59 Å². The number of methoxy groups -OCH3 is 1. The van der Waals surface area contributed by atoms with Crippen LogP contribution in [0.2, 0.25) is 5.02 Å². The fourth-order valence-corrected chi connectivity index (χ4v) is 2.78. The van der Waals surface area contributed by atoms with Crippen molar-refractivity contribution in [2.45, 2.75) is 19.1 Å². The number of hydrogen-bond acceptors (Lipinski definition) is 5. The molecule has 0 radical (unpaired) electrons. The predicted octanol–water partition coefficient (Wildman–Crippen LogP) is 3.61. The van der Waals surface area contributed by atoms with E-state index in [2.05, 4.69) is 5.32 Å². The zero-order chi connectivity index (χ0) is 18.7. The lowest BCUT2D eigenvalue weighted by molar-refractivity contribution is -0.145. The normalized spacial score (nSPS) is 17.3. The van der Waals surface area contributed by atoms with Crippen LogP contribution in [0.4, 0.5) is 5.69 Å². The van der Waals surface area contributed by atoms with Crippen LogP contribution < -0.4 is 5.32 Å². The third-order valence-electron chi connectivity index (χ3n) is 4.07. The Morgan fingerprint density at radius 1 is 1.15 bits per heavy atom. The minimum atomic E-state index is -1.01. The summed E-state index contributed by atoms with van der Waals surface area (Å²) in [4.78, 5) is 24.7. The van der Waals surface area contributed by atoms with Gasteiger partial charge in [0.2, 0.25) is 5.78 Å². The van der Waals surface area contributed by atoms with Crippen LogP contribution >= 0.6 is 11.6 Å². The summed E-state index contributed by atoms with van der Waals surface area (Å²) in [6, 6.07) is 13.4. The van der Waals surface area contributed by atoms with Gasteiger partial charge in [0.25, 0.3) is 0 Å². The van der Waals surface area contributed by atoms with Crippen LogP contribution in [0, 0.1) is 6.92 Å². The smallest absolute Gasteiger partial charge is 0.332 e. The van der Waals surface area contributed by atoms with Crippen molar-refractivity contribution in [3.8, 4) is 0 Å². The molecule has 1 heterocycles. The van der Waals surface area contributed by atoms with E-state index in [1.165, 1.54) is 13.2 Å². The molecule has 0 spiro atoms. The monoisotopic (exact) mass is 371 g/mol. The maximum Gasteiger partial charge on any atom is 0.332 e. The molecule has 0 saturated carbocycles. The Kier molecular flexibility index (Phi) is 5.28. The first-order valence-corrected chi connectivity index (χ1v) is 8.45. The highest BCUT2D eigenvalue weighted by atomic mass is 35.5. The minimum Gasteiger partial charge on any atom is -0.479 e. The molecule has 0 bridgehead atoms. The van der Waals surface area contributed by atoms with E-state index in [1.54, 1.807) is 24.3 Å². The lowest BCUT2D eigenvalue weighted by Gasteiger charge is -2.23. The standard InChI is InChI=1S/C20H18ClNO4/c1-12-3-9-15(10-4-12)22-18(20(24)25-2)19-16(23)11-17(26-19)13-5-7-14(21)8-6-13/h3-11,18-19,22H,1-2H3. The zero-order valence-electron chi connectivity index (χ0n) is 14.4. The van der Waals surface area contributed by atoms with Gasteiger partial charge in [0.05, 0.1) is 7.11 Å². The molecule has 1 aliphatic rings. The summed E-state index contributed by atoms with van der Waals surface area (Å²) in [5.74, 6) is -0.476. The van der Waals surface area contributed by atoms with Gasteiger partial charge in [-0.15, -0.1) is 0 Å². The van der Waals surface area contributed by atoms with E-state index >= 15 is 0 Å². The van der Waals surface area contributed by atoms with Crippen LogP contribution in [-0.4, -0.2) is 31.0 Å². The third kappa shape index (κ3) is 3.89. The first-order chi connectivity index (χ1) is 12.5. The van der Waals surface area contributed by atoms with Crippen molar-refractivity contribution in [2.24, 2.45) is 0 Å². The summed E-state index contributed by atoms with van der Waals surface area (Å²) in [5, 5.41) is 3.62. The average Bonchev–Trinajstić information content (AvgIpc) is 3.02. The number of carbonyl (C=O) groups is 2. The van der Waals surface area contributed by atoms with E-state index in [4.69, 9.17) is 21.1 Å². The maximum absolute atomic E-state index is 12.5. The number of benzene rings is 2. The molecule has 0 fully saturated rings. The number of rotatable bonds is 5. The average molecular weight is 372 g/mol. The zero-order valence-corrected chi connectivity index (χ0v) is 15.1. The second-order valence-corrected chi connectivity index (χ2v) is 6.40. The maximum atomic E-state index is 12.5. The Hall–Kier alpha value is -2.79. The topological polar surface area (TPSA) is 64.6 Å². The van der Waals surface area contributed by atoms with Crippen LogP contribution in [0.25, 0.3) is 5.76 Å². The predicted molar refractivity (Wildman–Crippen MR) is 99.9 cm³/mol. The lowest BCUT2D eigenvalue weighted by Crippen LogP contribution is -2.45. The fourth-order valence-electron chi connectivity index (χ4n) is 2.65. The molecule has 5 nitrogen and oxygen atoms in total. The van der Waals surface area contributed by atoms with E-state index in [0.717, 1.165) is 5.56 Å². The molecule has 0 saturated heterocycles. The van der Waals surface area contributed by atoms with Crippen molar-refractivity contribution >= 4 is 34.8 Å². The number of ether oxygens (including phenoxy) is 2. The molecule has 0 aromatic heterocycles. The molecule has 3 rings (SSSR count). The van der Waals surface area contributed by atoms with Gasteiger partial charge in [-0.2, -0.15) is 0 Å². The summed E-state index contributed by atoms with van der Waals surface area (Å²) >= 11 is 5.89. The molecule has 1 N–H and O–H groups in total. The SMILES string of the molecule is COC(=O)C(Nc1ccc(C)cc1)C1OC(c2ccc(Cl)cc2)=CC1=O. The molecule has 2 aromatic carbocycles. The van der Waals surface area contributed by atoms with Crippen LogP contribution in [0.15, 0.2) is 54.6 Å². The van der Waals surface area contributed by atoms with Crippen molar-refractivity contribution in [3.63, 3.8) is 0 Å². The molecule has 134 valence electrons. The summed E-state index contributed by atoms with van der Waals surface area (Å²) in [5.41, 5.74) is 2.50. The van der Waals surface area contributed by atoms with Gasteiger partial charge in [-0.3, -0.25) is 4.79 Å². The fraction of sp³-hybridized carbons (Fsp3) is 0.200. The largest absolute Gasteiger partial charge is 0.479 e.